The van der Waals surface area contributed by atoms with Crippen molar-refractivity contribution in [1.29, 1.82) is 0 Å². The molecule has 1 fully saturated rings. The molecule has 11 heteroatoms. The first-order valence-electron chi connectivity index (χ1n) is 9.55. The lowest BCUT2D eigenvalue weighted by Gasteiger charge is -2.26. The lowest BCUT2D eigenvalue weighted by molar-refractivity contribution is 0.102. The fourth-order valence-corrected chi connectivity index (χ4v) is 6.13. The highest BCUT2D eigenvalue weighted by Gasteiger charge is 2.29. The molecule has 162 valence electrons. The zero-order chi connectivity index (χ0) is 22.0. The number of carbonyl (C=O) groups is 1. The minimum Gasteiger partial charge on any atom is -0.296 e. The van der Waals surface area contributed by atoms with Crippen molar-refractivity contribution in [2.24, 2.45) is 0 Å². The first-order valence-corrected chi connectivity index (χ1v) is 12.6. The highest BCUT2D eigenvalue weighted by Crippen LogP contribution is 2.30. The summed E-state index contributed by atoms with van der Waals surface area (Å²) >= 11 is 13.3. The number of sulfonamides is 1. The van der Waals surface area contributed by atoms with Gasteiger partial charge < -0.3 is 0 Å². The van der Waals surface area contributed by atoms with E-state index in [4.69, 9.17) is 23.2 Å². The molecule has 1 saturated heterocycles. The van der Waals surface area contributed by atoms with Gasteiger partial charge >= 0.3 is 0 Å². The van der Waals surface area contributed by atoms with Gasteiger partial charge in [-0.25, -0.2) is 8.42 Å². The molecule has 1 N–H and O–H groups in total. The second-order valence-corrected chi connectivity index (χ2v) is 10.7. The maximum atomic E-state index is 13.0. The molecule has 0 unspecified atom stereocenters. The summed E-state index contributed by atoms with van der Waals surface area (Å²) in [5.74, 6) is -0.495. The first-order chi connectivity index (χ1) is 14.8. The van der Waals surface area contributed by atoms with E-state index >= 15 is 0 Å². The van der Waals surface area contributed by atoms with E-state index in [1.54, 1.807) is 12.1 Å². The normalized spacial score (nSPS) is 15.0. The second-order valence-electron chi connectivity index (χ2n) is 6.98. The van der Waals surface area contributed by atoms with Crippen molar-refractivity contribution in [1.82, 2.24) is 14.5 Å². The van der Waals surface area contributed by atoms with Gasteiger partial charge in [-0.1, -0.05) is 53.1 Å². The van der Waals surface area contributed by atoms with E-state index in [1.165, 1.54) is 33.8 Å². The Balaban J connectivity index is 1.54. The van der Waals surface area contributed by atoms with Crippen LogP contribution in [0.2, 0.25) is 10.0 Å². The Morgan fingerprint density at radius 1 is 1.00 bits per heavy atom. The molecular weight excluding hydrogens is 479 g/mol. The number of rotatable bonds is 5. The SMILES string of the molecule is O=C(Nc1nnc(-c2ccc(Cl)cc2)s1)c1ccc(Cl)c(S(=O)(=O)N2CCCCC2)c1. The summed E-state index contributed by atoms with van der Waals surface area (Å²) in [6.07, 6.45) is 2.62. The average Bonchev–Trinajstić information content (AvgIpc) is 3.23. The third-order valence-corrected chi connectivity index (χ3v) is 8.38. The van der Waals surface area contributed by atoms with Gasteiger partial charge in [-0.05, 0) is 43.2 Å². The largest absolute Gasteiger partial charge is 0.296 e. The van der Waals surface area contributed by atoms with Gasteiger partial charge in [0.2, 0.25) is 15.2 Å². The molecule has 4 rings (SSSR count). The van der Waals surface area contributed by atoms with Crippen molar-refractivity contribution in [2.45, 2.75) is 24.2 Å². The van der Waals surface area contributed by atoms with E-state index in [2.05, 4.69) is 15.5 Å². The van der Waals surface area contributed by atoms with Crippen LogP contribution in [-0.4, -0.2) is 41.9 Å². The molecule has 2 aromatic carbocycles. The highest BCUT2D eigenvalue weighted by molar-refractivity contribution is 7.89. The van der Waals surface area contributed by atoms with Crippen LogP contribution in [0.4, 0.5) is 5.13 Å². The molecule has 1 aliphatic heterocycles. The number of hydrogen-bond acceptors (Lipinski definition) is 6. The Kier molecular flexibility index (Phi) is 6.59. The summed E-state index contributed by atoms with van der Waals surface area (Å²) in [6.45, 7) is 0.903. The third-order valence-electron chi connectivity index (χ3n) is 4.86. The number of benzene rings is 2. The van der Waals surface area contributed by atoms with Crippen LogP contribution >= 0.6 is 34.5 Å². The number of nitrogens with zero attached hydrogens (tertiary/aromatic N) is 3. The molecule has 7 nitrogen and oxygen atoms in total. The first kappa shape index (κ1) is 22.2. The van der Waals surface area contributed by atoms with Crippen LogP contribution in [0.15, 0.2) is 47.4 Å². The summed E-state index contributed by atoms with van der Waals surface area (Å²) in [6, 6.07) is 11.3. The number of aromatic nitrogens is 2. The Bertz CT molecular complexity index is 1210. The quantitative estimate of drug-likeness (QED) is 0.539. The Labute approximate surface area is 194 Å². The summed E-state index contributed by atoms with van der Waals surface area (Å²) in [7, 11) is -3.77. The van der Waals surface area contributed by atoms with E-state index in [1.807, 2.05) is 12.1 Å². The van der Waals surface area contributed by atoms with E-state index in [0.717, 1.165) is 24.8 Å². The van der Waals surface area contributed by atoms with Crippen LogP contribution in [0.25, 0.3) is 10.6 Å². The van der Waals surface area contributed by atoms with Crippen LogP contribution in [-0.2, 0) is 10.0 Å². The van der Waals surface area contributed by atoms with Gasteiger partial charge in [-0.15, -0.1) is 10.2 Å². The van der Waals surface area contributed by atoms with Gasteiger partial charge in [0.25, 0.3) is 5.91 Å². The van der Waals surface area contributed by atoms with Gasteiger partial charge in [-0.3, -0.25) is 10.1 Å². The zero-order valence-electron chi connectivity index (χ0n) is 16.2. The van der Waals surface area contributed by atoms with Crippen molar-refractivity contribution in [3.8, 4) is 10.6 Å². The standard InChI is InChI=1S/C20H18Cl2N4O3S2/c21-15-7-4-13(5-8-15)19-24-25-20(30-19)23-18(27)14-6-9-16(22)17(12-14)31(28,29)26-10-2-1-3-11-26/h4-9,12H,1-3,10-11H2,(H,23,25,27). The zero-order valence-corrected chi connectivity index (χ0v) is 19.4. The molecule has 3 aromatic rings. The fourth-order valence-electron chi connectivity index (χ4n) is 3.24. The number of carbonyl (C=O) groups excluding carboxylic acids is 1. The Morgan fingerprint density at radius 2 is 1.71 bits per heavy atom. The molecule has 2 heterocycles. The van der Waals surface area contributed by atoms with Gasteiger partial charge in [-0.2, -0.15) is 4.31 Å². The highest BCUT2D eigenvalue weighted by atomic mass is 35.5. The Morgan fingerprint density at radius 3 is 2.42 bits per heavy atom. The molecule has 0 radical (unpaired) electrons. The number of anilines is 1. The summed E-state index contributed by atoms with van der Waals surface area (Å²) in [5.41, 5.74) is 0.993. The number of piperidine rings is 1. The van der Waals surface area contributed by atoms with Crippen molar-refractivity contribution in [3.63, 3.8) is 0 Å². The van der Waals surface area contributed by atoms with Gasteiger partial charge in [0.15, 0.2) is 0 Å². The van der Waals surface area contributed by atoms with Crippen molar-refractivity contribution in [3.05, 3.63) is 58.1 Å². The van der Waals surface area contributed by atoms with Crippen LogP contribution < -0.4 is 5.32 Å². The minimum atomic E-state index is -3.77. The topological polar surface area (TPSA) is 92.3 Å². The van der Waals surface area contributed by atoms with Gasteiger partial charge in [0.1, 0.15) is 9.90 Å². The van der Waals surface area contributed by atoms with Crippen molar-refractivity contribution < 1.29 is 13.2 Å². The van der Waals surface area contributed by atoms with Crippen LogP contribution in [0.1, 0.15) is 29.6 Å². The van der Waals surface area contributed by atoms with E-state index < -0.39 is 15.9 Å². The van der Waals surface area contributed by atoms with Crippen molar-refractivity contribution >= 4 is 55.6 Å². The molecule has 0 aliphatic carbocycles. The van der Waals surface area contributed by atoms with Crippen molar-refractivity contribution in [2.75, 3.05) is 18.4 Å². The van der Waals surface area contributed by atoms with Gasteiger partial charge in [0, 0.05) is 29.2 Å². The molecule has 1 amide bonds. The van der Waals surface area contributed by atoms with Crippen LogP contribution in [0, 0.1) is 0 Å². The summed E-state index contributed by atoms with van der Waals surface area (Å²) in [5, 5.41) is 12.4. The summed E-state index contributed by atoms with van der Waals surface area (Å²) < 4.78 is 27.4. The number of hydrogen-bond donors (Lipinski definition) is 1. The molecule has 0 spiro atoms. The number of nitrogens with one attached hydrogen (secondary N) is 1. The molecule has 1 aromatic heterocycles. The smallest absolute Gasteiger partial charge is 0.257 e. The predicted molar refractivity (Wildman–Crippen MR) is 122 cm³/mol. The third kappa shape index (κ3) is 4.91. The lowest BCUT2D eigenvalue weighted by atomic mass is 10.2. The maximum absolute atomic E-state index is 13.0. The molecule has 31 heavy (non-hydrogen) atoms. The van der Waals surface area contributed by atoms with E-state index in [0.29, 0.717) is 28.3 Å². The second kappa shape index (κ2) is 9.22. The number of amides is 1. The van der Waals surface area contributed by atoms with Crippen LogP contribution in [0.5, 0.6) is 0 Å². The van der Waals surface area contributed by atoms with Gasteiger partial charge in [0.05, 0.1) is 5.02 Å². The average molecular weight is 497 g/mol. The van der Waals surface area contributed by atoms with E-state index in [-0.39, 0.29) is 15.5 Å². The molecule has 0 saturated carbocycles. The van der Waals surface area contributed by atoms with E-state index in [9.17, 15) is 13.2 Å². The lowest BCUT2D eigenvalue weighted by Crippen LogP contribution is -2.35. The predicted octanol–water partition coefficient (Wildman–Crippen LogP) is 4.94. The molecular formula is C20H18Cl2N4O3S2. The Hall–Kier alpha value is -2.04. The van der Waals surface area contributed by atoms with Crippen LogP contribution in [0.3, 0.4) is 0 Å². The number of halogens is 2. The fraction of sp³-hybridized carbons (Fsp3) is 0.250. The molecule has 1 aliphatic rings. The molecule has 0 bridgehead atoms. The summed E-state index contributed by atoms with van der Waals surface area (Å²) in [4.78, 5) is 12.7. The monoisotopic (exact) mass is 496 g/mol. The molecule has 0 atom stereocenters. The maximum Gasteiger partial charge on any atom is 0.257 e. The minimum absolute atomic E-state index is 0.0668.